The summed E-state index contributed by atoms with van der Waals surface area (Å²) in [6, 6.07) is 15.7. The fourth-order valence-corrected chi connectivity index (χ4v) is 3.52. The zero-order valence-corrected chi connectivity index (χ0v) is 16.4. The highest BCUT2D eigenvalue weighted by molar-refractivity contribution is 7.80. The van der Waals surface area contributed by atoms with Crippen LogP contribution in [0, 0.1) is 5.82 Å². The van der Waals surface area contributed by atoms with Crippen LogP contribution in [-0.2, 0) is 11.3 Å². The Morgan fingerprint density at radius 2 is 1.78 bits per heavy atom. The maximum Gasteiger partial charge on any atom is 0.253 e. The first-order valence-corrected chi connectivity index (χ1v) is 9.09. The zero-order valence-electron chi connectivity index (χ0n) is 15.6. The maximum atomic E-state index is 14.5. The molecule has 1 amide bonds. The van der Waals surface area contributed by atoms with Gasteiger partial charge in [-0.15, -0.1) is 0 Å². The summed E-state index contributed by atoms with van der Waals surface area (Å²) in [6.45, 7) is 2.40. The van der Waals surface area contributed by atoms with E-state index in [-0.39, 0.29) is 11.7 Å². The fourth-order valence-electron chi connectivity index (χ4n) is 3.20. The Balaban J connectivity index is 2.08. The molecule has 0 fully saturated rings. The lowest BCUT2D eigenvalue weighted by Gasteiger charge is -2.38. The molecule has 1 unspecified atom stereocenters. The maximum absolute atomic E-state index is 14.5. The lowest BCUT2D eigenvalue weighted by atomic mass is 9.93. The Kier molecular flexibility index (Phi) is 5.56. The van der Waals surface area contributed by atoms with Crippen LogP contribution in [0.4, 0.5) is 4.39 Å². The van der Waals surface area contributed by atoms with E-state index in [1.807, 2.05) is 42.2 Å². The second kappa shape index (κ2) is 7.88. The lowest BCUT2D eigenvalue weighted by molar-refractivity contribution is -0.125. The van der Waals surface area contributed by atoms with Crippen molar-refractivity contribution in [1.82, 2.24) is 15.1 Å². The molecule has 2 aromatic rings. The Morgan fingerprint density at radius 3 is 2.41 bits per heavy atom. The molecule has 1 aliphatic heterocycles. The van der Waals surface area contributed by atoms with E-state index in [9.17, 15) is 9.18 Å². The van der Waals surface area contributed by atoms with Gasteiger partial charge in [0.1, 0.15) is 5.82 Å². The van der Waals surface area contributed by atoms with Gasteiger partial charge in [-0.2, -0.15) is 0 Å². The molecule has 1 aliphatic rings. The van der Waals surface area contributed by atoms with Crippen LogP contribution in [0.1, 0.15) is 24.1 Å². The molecule has 0 aromatic heterocycles. The molecular formula is C21H22FN3OS. The van der Waals surface area contributed by atoms with Crippen molar-refractivity contribution >= 4 is 23.2 Å². The molecule has 0 saturated heterocycles. The molecule has 27 heavy (non-hydrogen) atoms. The van der Waals surface area contributed by atoms with Gasteiger partial charge in [-0.3, -0.25) is 4.79 Å². The van der Waals surface area contributed by atoms with Crippen molar-refractivity contribution in [2.75, 3.05) is 14.1 Å². The van der Waals surface area contributed by atoms with E-state index in [0.29, 0.717) is 22.8 Å². The normalized spacial score (nSPS) is 17.0. The minimum Gasteiger partial charge on any atom is -0.351 e. The summed E-state index contributed by atoms with van der Waals surface area (Å²) in [4.78, 5) is 16.3. The molecule has 1 heterocycles. The number of carbonyl (C=O) groups excluding carboxylic acids is 1. The molecule has 0 radical (unpaired) electrons. The topological polar surface area (TPSA) is 35.6 Å². The van der Waals surface area contributed by atoms with Gasteiger partial charge in [-0.05, 0) is 30.8 Å². The molecule has 2 aromatic carbocycles. The molecule has 3 rings (SSSR count). The highest BCUT2D eigenvalue weighted by atomic mass is 32.1. The number of allylic oxidation sites excluding steroid dienone is 1. The number of hydrogen-bond donors (Lipinski definition) is 1. The number of hydrogen-bond acceptors (Lipinski definition) is 2. The minimum atomic E-state index is -0.624. The zero-order chi connectivity index (χ0) is 19.6. The summed E-state index contributed by atoms with van der Waals surface area (Å²) >= 11 is 5.56. The van der Waals surface area contributed by atoms with Crippen molar-refractivity contribution in [2.24, 2.45) is 0 Å². The number of amides is 1. The second-order valence-corrected chi connectivity index (χ2v) is 7.06. The first kappa shape index (κ1) is 19.0. The highest BCUT2D eigenvalue weighted by Gasteiger charge is 2.35. The van der Waals surface area contributed by atoms with E-state index in [1.165, 1.54) is 11.0 Å². The molecule has 4 nitrogen and oxygen atoms in total. The Labute approximate surface area is 164 Å². The van der Waals surface area contributed by atoms with Gasteiger partial charge in [0, 0.05) is 31.9 Å². The van der Waals surface area contributed by atoms with Crippen molar-refractivity contribution < 1.29 is 9.18 Å². The van der Waals surface area contributed by atoms with Crippen LogP contribution in [0.2, 0.25) is 0 Å². The van der Waals surface area contributed by atoms with E-state index in [4.69, 9.17) is 12.2 Å². The minimum absolute atomic E-state index is 0.172. The summed E-state index contributed by atoms with van der Waals surface area (Å²) in [5.74, 6) is -0.542. The smallest absolute Gasteiger partial charge is 0.253 e. The lowest BCUT2D eigenvalue weighted by Crippen LogP contribution is -2.48. The predicted octanol–water partition coefficient (Wildman–Crippen LogP) is 3.62. The average molecular weight is 383 g/mol. The number of halogens is 1. The number of nitrogens with zero attached hydrogens (tertiary/aromatic N) is 2. The first-order valence-electron chi connectivity index (χ1n) is 8.69. The second-order valence-electron chi connectivity index (χ2n) is 6.67. The summed E-state index contributed by atoms with van der Waals surface area (Å²) in [7, 11) is 3.38. The van der Waals surface area contributed by atoms with Crippen LogP contribution >= 0.6 is 12.2 Å². The third-order valence-electron chi connectivity index (χ3n) is 4.63. The third kappa shape index (κ3) is 3.85. The number of rotatable bonds is 4. The van der Waals surface area contributed by atoms with Gasteiger partial charge in [0.05, 0.1) is 11.6 Å². The molecule has 6 heteroatoms. The van der Waals surface area contributed by atoms with Crippen molar-refractivity contribution in [2.45, 2.75) is 19.5 Å². The standard InChI is InChI=1S/C21H22FN3OS/c1-14-18(20(26)24(2)3)19(16-11-7-8-12-17(16)22)23-21(27)25(14)13-15-9-5-4-6-10-15/h4-12,19H,13H2,1-3H3,(H,23,27). The first-order chi connectivity index (χ1) is 12.9. The van der Waals surface area contributed by atoms with Crippen LogP contribution < -0.4 is 5.32 Å². The van der Waals surface area contributed by atoms with E-state index < -0.39 is 6.04 Å². The van der Waals surface area contributed by atoms with Gasteiger partial charge in [0.25, 0.3) is 5.91 Å². The molecule has 140 valence electrons. The van der Waals surface area contributed by atoms with Gasteiger partial charge in [-0.1, -0.05) is 48.5 Å². The van der Waals surface area contributed by atoms with Gasteiger partial charge in [-0.25, -0.2) is 4.39 Å². The molecule has 1 atom stereocenters. The molecule has 0 saturated carbocycles. The number of thiocarbonyl (C=S) groups is 1. The van der Waals surface area contributed by atoms with Gasteiger partial charge in [0.2, 0.25) is 0 Å². The molecule has 0 bridgehead atoms. The quantitative estimate of drug-likeness (QED) is 0.818. The SMILES string of the molecule is CC1=C(C(=O)N(C)C)C(c2ccccc2F)NC(=S)N1Cc1ccccc1. The monoisotopic (exact) mass is 383 g/mol. The van der Waals surface area contributed by atoms with Crippen molar-refractivity contribution in [3.8, 4) is 0 Å². The van der Waals surface area contributed by atoms with Crippen LogP contribution in [0.5, 0.6) is 0 Å². The largest absolute Gasteiger partial charge is 0.351 e. The summed E-state index contributed by atoms with van der Waals surface area (Å²) in [5.41, 5.74) is 2.70. The van der Waals surface area contributed by atoms with E-state index >= 15 is 0 Å². The highest BCUT2D eigenvalue weighted by Crippen LogP contribution is 2.33. The molecular weight excluding hydrogens is 361 g/mol. The van der Waals surface area contributed by atoms with Gasteiger partial charge in [0.15, 0.2) is 5.11 Å². The van der Waals surface area contributed by atoms with Crippen molar-refractivity contribution in [3.63, 3.8) is 0 Å². The van der Waals surface area contributed by atoms with Gasteiger partial charge < -0.3 is 15.1 Å². The van der Waals surface area contributed by atoms with Gasteiger partial charge >= 0.3 is 0 Å². The van der Waals surface area contributed by atoms with Crippen LogP contribution in [0.25, 0.3) is 0 Å². The number of likely N-dealkylation sites (N-methyl/N-ethyl adjacent to an activating group) is 1. The van der Waals surface area contributed by atoms with E-state index in [0.717, 1.165) is 11.3 Å². The van der Waals surface area contributed by atoms with Crippen molar-refractivity contribution in [3.05, 3.63) is 82.8 Å². The Hall–Kier alpha value is -2.73. The Morgan fingerprint density at radius 1 is 1.15 bits per heavy atom. The van der Waals surface area contributed by atoms with Crippen LogP contribution in [0.15, 0.2) is 65.9 Å². The van der Waals surface area contributed by atoms with Crippen LogP contribution in [0.3, 0.4) is 0 Å². The number of nitrogens with one attached hydrogen (secondary N) is 1. The fraction of sp³-hybridized carbons (Fsp3) is 0.238. The average Bonchev–Trinajstić information content (AvgIpc) is 2.65. The van der Waals surface area contributed by atoms with Crippen molar-refractivity contribution in [1.29, 1.82) is 0 Å². The molecule has 1 N–H and O–H groups in total. The third-order valence-corrected chi connectivity index (χ3v) is 4.97. The van der Waals surface area contributed by atoms with E-state index in [1.54, 1.807) is 32.3 Å². The van der Waals surface area contributed by atoms with Crippen LogP contribution in [-0.4, -0.2) is 34.9 Å². The number of carbonyl (C=O) groups is 1. The molecule has 0 spiro atoms. The molecule has 0 aliphatic carbocycles. The van der Waals surface area contributed by atoms with E-state index in [2.05, 4.69) is 5.32 Å². The number of benzene rings is 2. The summed E-state index contributed by atoms with van der Waals surface area (Å²) in [5, 5.41) is 3.64. The Bertz CT molecular complexity index is 895. The summed E-state index contributed by atoms with van der Waals surface area (Å²) < 4.78 is 14.5. The predicted molar refractivity (Wildman–Crippen MR) is 108 cm³/mol. The summed E-state index contributed by atoms with van der Waals surface area (Å²) in [6.07, 6.45) is 0.